The second kappa shape index (κ2) is 7.68. The van der Waals surface area contributed by atoms with E-state index < -0.39 is 0 Å². The molecule has 0 spiro atoms. The lowest BCUT2D eigenvalue weighted by Crippen LogP contribution is -2.48. The second-order valence-corrected chi connectivity index (χ2v) is 6.82. The Balaban J connectivity index is 1.42. The van der Waals surface area contributed by atoms with Gasteiger partial charge < -0.3 is 5.32 Å². The third-order valence-corrected chi connectivity index (χ3v) is 4.69. The predicted molar refractivity (Wildman–Crippen MR) is 93.6 cm³/mol. The van der Waals surface area contributed by atoms with E-state index in [1.54, 1.807) is 6.20 Å². The minimum Gasteiger partial charge on any atom is -0.301 e. The number of nitrogens with one attached hydrogen (secondary N) is 1. The molecule has 2 heterocycles. The van der Waals surface area contributed by atoms with E-state index >= 15 is 0 Å². The first-order valence-corrected chi connectivity index (χ1v) is 8.76. The Hall–Kier alpha value is -1.76. The molecule has 1 aromatic carbocycles. The van der Waals surface area contributed by atoms with Gasteiger partial charge in [-0.1, -0.05) is 29.8 Å². The van der Waals surface area contributed by atoms with Gasteiger partial charge in [0.1, 0.15) is 0 Å². The van der Waals surface area contributed by atoms with Gasteiger partial charge in [-0.3, -0.25) is 14.6 Å². The lowest BCUT2D eigenvalue weighted by Gasteiger charge is -2.34. The number of carbonyl (C=O) groups excluding carboxylic acids is 1. The maximum absolute atomic E-state index is 12.0. The first-order chi connectivity index (χ1) is 11.2. The molecule has 1 aliphatic heterocycles. The van der Waals surface area contributed by atoms with Gasteiger partial charge in [0.15, 0.2) is 5.13 Å². The Morgan fingerprint density at radius 2 is 2.04 bits per heavy atom. The highest BCUT2D eigenvalue weighted by molar-refractivity contribution is 7.13. The molecule has 1 N–H and O–H groups in total. The van der Waals surface area contributed by atoms with Gasteiger partial charge in [-0.25, -0.2) is 4.98 Å². The summed E-state index contributed by atoms with van der Waals surface area (Å²) in [6.07, 6.45) is 1.70. The van der Waals surface area contributed by atoms with E-state index in [-0.39, 0.29) is 5.91 Å². The van der Waals surface area contributed by atoms with E-state index in [0.29, 0.717) is 11.7 Å². The van der Waals surface area contributed by atoms with E-state index in [1.165, 1.54) is 22.5 Å². The van der Waals surface area contributed by atoms with Crippen LogP contribution in [0.5, 0.6) is 0 Å². The number of hydrogen-bond acceptors (Lipinski definition) is 5. The van der Waals surface area contributed by atoms with E-state index in [4.69, 9.17) is 0 Å². The van der Waals surface area contributed by atoms with Crippen molar-refractivity contribution in [1.82, 2.24) is 14.8 Å². The van der Waals surface area contributed by atoms with Crippen LogP contribution in [0, 0.1) is 6.92 Å². The largest absolute Gasteiger partial charge is 0.301 e. The lowest BCUT2D eigenvalue weighted by atomic mass is 10.1. The quantitative estimate of drug-likeness (QED) is 0.913. The van der Waals surface area contributed by atoms with E-state index in [1.807, 2.05) is 5.38 Å². The summed E-state index contributed by atoms with van der Waals surface area (Å²) in [4.78, 5) is 20.7. The summed E-state index contributed by atoms with van der Waals surface area (Å²) < 4.78 is 0. The van der Waals surface area contributed by atoms with Gasteiger partial charge in [-0.05, 0) is 12.5 Å². The number of thiazole rings is 1. The number of piperazine rings is 1. The number of nitrogens with zero attached hydrogens (tertiary/aromatic N) is 3. The maximum atomic E-state index is 12.0. The van der Waals surface area contributed by atoms with Crippen LogP contribution in [0.2, 0.25) is 0 Å². The number of rotatable bonds is 5. The summed E-state index contributed by atoms with van der Waals surface area (Å²) in [6, 6.07) is 8.67. The molecule has 0 bridgehead atoms. The van der Waals surface area contributed by atoms with Crippen molar-refractivity contribution in [3.63, 3.8) is 0 Å². The summed E-state index contributed by atoms with van der Waals surface area (Å²) in [7, 11) is 0. The summed E-state index contributed by atoms with van der Waals surface area (Å²) in [5.41, 5.74) is 2.67. The zero-order valence-corrected chi connectivity index (χ0v) is 14.2. The number of carbonyl (C=O) groups is 1. The molecule has 0 saturated carbocycles. The third kappa shape index (κ3) is 4.86. The monoisotopic (exact) mass is 330 g/mol. The van der Waals surface area contributed by atoms with Crippen LogP contribution in [0.25, 0.3) is 0 Å². The Labute approximate surface area is 140 Å². The van der Waals surface area contributed by atoms with Gasteiger partial charge >= 0.3 is 0 Å². The fraction of sp³-hybridized carbons (Fsp3) is 0.412. The van der Waals surface area contributed by atoms with Crippen LogP contribution in [0.1, 0.15) is 11.1 Å². The predicted octanol–water partition coefficient (Wildman–Crippen LogP) is 2.21. The van der Waals surface area contributed by atoms with Crippen molar-refractivity contribution >= 4 is 22.4 Å². The SMILES string of the molecule is Cc1cccc(CN2CCN(CC(=O)Nc3nccs3)CC2)c1. The molecular weight excluding hydrogens is 308 g/mol. The molecule has 1 saturated heterocycles. The normalized spacial score (nSPS) is 16.4. The standard InChI is InChI=1S/C17H22N4OS/c1-14-3-2-4-15(11-14)12-20-6-8-21(9-7-20)13-16(22)19-17-18-5-10-23-17/h2-5,10-11H,6-9,12-13H2,1H3,(H,18,19,22). The maximum Gasteiger partial charge on any atom is 0.240 e. The Morgan fingerprint density at radius 1 is 1.26 bits per heavy atom. The Morgan fingerprint density at radius 3 is 2.74 bits per heavy atom. The van der Waals surface area contributed by atoms with Gasteiger partial charge in [0, 0.05) is 44.3 Å². The molecule has 0 aliphatic carbocycles. The molecule has 23 heavy (non-hydrogen) atoms. The van der Waals surface area contributed by atoms with Crippen LogP contribution in [0.4, 0.5) is 5.13 Å². The molecular formula is C17H22N4OS. The molecule has 6 heteroatoms. The van der Waals surface area contributed by atoms with Crippen molar-refractivity contribution in [2.75, 3.05) is 38.0 Å². The van der Waals surface area contributed by atoms with Crippen LogP contribution in [-0.2, 0) is 11.3 Å². The molecule has 122 valence electrons. The number of anilines is 1. The zero-order valence-electron chi connectivity index (χ0n) is 13.4. The van der Waals surface area contributed by atoms with Gasteiger partial charge in [0.05, 0.1) is 6.54 Å². The molecule has 0 atom stereocenters. The molecule has 1 amide bonds. The number of benzene rings is 1. The molecule has 1 fully saturated rings. The van der Waals surface area contributed by atoms with Crippen LogP contribution < -0.4 is 5.32 Å². The summed E-state index contributed by atoms with van der Waals surface area (Å²) in [5, 5.41) is 5.37. The number of aryl methyl sites for hydroxylation is 1. The van der Waals surface area contributed by atoms with Gasteiger partial charge in [-0.15, -0.1) is 11.3 Å². The average Bonchev–Trinajstić information content (AvgIpc) is 3.02. The molecule has 1 aliphatic rings. The van der Waals surface area contributed by atoms with Crippen molar-refractivity contribution < 1.29 is 4.79 Å². The molecule has 2 aromatic rings. The highest BCUT2D eigenvalue weighted by atomic mass is 32.1. The molecule has 5 nitrogen and oxygen atoms in total. The van der Waals surface area contributed by atoms with E-state index in [2.05, 4.69) is 51.3 Å². The van der Waals surface area contributed by atoms with Crippen molar-refractivity contribution in [3.8, 4) is 0 Å². The van der Waals surface area contributed by atoms with Gasteiger partial charge in [0.25, 0.3) is 0 Å². The minimum atomic E-state index is 0.0204. The van der Waals surface area contributed by atoms with Crippen LogP contribution >= 0.6 is 11.3 Å². The second-order valence-electron chi connectivity index (χ2n) is 5.93. The first-order valence-electron chi connectivity index (χ1n) is 7.88. The Bertz CT molecular complexity index is 636. The number of aromatic nitrogens is 1. The minimum absolute atomic E-state index is 0.0204. The van der Waals surface area contributed by atoms with Gasteiger partial charge in [-0.2, -0.15) is 0 Å². The van der Waals surface area contributed by atoms with E-state index in [9.17, 15) is 4.79 Å². The Kier molecular flexibility index (Phi) is 5.38. The highest BCUT2D eigenvalue weighted by Crippen LogP contribution is 2.12. The molecule has 1 aromatic heterocycles. The van der Waals surface area contributed by atoms with Crippen molar-refractivity contribution in [2.24, 2.45) is 0 Å². The molecule has 0 radical (unpaired) electrons. The number of amides is 1. The topological polar surface area (TPSA) is 48.5 Å². The molecule has 3 rings (SSSR count). The van der Waals surface area contributed by atoms with Crippen LogP contribution in [0.3, 0.4) is 0 Å². The number of hydrogen-bond donors (Lipinski definition) is 1. The van der Waals surface area contributed by atoms with Crippen LogP contribution in [0.15, 0.2) is 35.8 Å². The fourth-order valence-electron chi connectivity index (χ4n) is 2.82. The van der Waals surface area contributed by atoms with Crippen molar-refractivity contribution in [2.45, 2.75) is 13.5 Å². The molecule has 0 unspecified atom stereocenters. The summed E-state index contributed by atoms with van der Waals surface area (Å²) >= 11 is 1.45. The fourth-order valence-corrected chi connectivity index (χ4v) is 3.37. The first kappa shape index (κ1) is 16.1. The summed E-state index contributed by atoms with van der Waals surface area (Å²) in [5.74, 6) is 0.0204. The summed E-state index contributed by atoms with van der Waals surface area (Å²) in [6.45, 7) is 7.41. The lowest BCUT2D eigenvalue weighted by molar-refractivity contribution is -0.117. The zero-order chi connectivity index (χ0) is 16.1. The highest BCUT2D eigenvalue weighted by Gasteiger charge is 2.19. The van der Waals surface area contributed by atoms with Crippen LogP contribution in [-0.4, -0.2) is 53.4 Å². The smallest absolute Gasteiger partial charge is 0.240 e. The third-order valence-electron chi connectivity index (χ3n) is 4.00. The van der Waals surface area contributed by atoms with Crippen molar-refractivity contribution in [3.05, 3.63) is 47.0 Å². The van der Waals surface area contributed by atoms with Crippen molar-refractivity contribution in [1.29, 1.82) is 0 Å². The van der Waals surface area contributed by atoms with E-state index in [0.717, 1.165) is 32.7 Å². The average molecular weight is 330 g/mol. The van der Waals surface area contributed by atoms with Gasteiger partial charge in [0.2, 0.25) is 5.91 Å².